The highest BCUT2D eigenvalue weighted by Crippen LogP contribution is 2.15. The molecule has 4 nitrogen and oxygen atoms in total. The van der Waals surface area contributed by atoms with Crippen LogP contribution in [0, 0.1) is 0 Å². The van der Waals surface area contributed by atoms with Crippen molar-refractivity contribution < 1.29 is 9.53 Å². The summed E-state index contributed by atoms with van der Waals surface area (Å²) in [5.41, 5.74) is 4.11. The second kappa shape index (κ2) is 9.34. The number of pyridine rings is 1. The Balaban J connectivity index is 1.54. The number of amides is 1. The fraction of sp³-hybridized carbons (Fsp3) is 0.130. The molecule has 0 aliphatic carbocycles. The van der Waals surface area contributed by atoms with Crippen LogP contribution in [-0.4, -0.2) is 17.5 Å². The zero-order chi connectivity index (χ0) is 18.9. The molecule has 1 amide bonds. The zero-order valence-electron chi connectivity index (χ0n) is 15.3. The summed E-state index contributed by atoms with van der Waals surface area (Å²) in [4.78, 5) is 16.1. The highest BCUT2D eigenvalue weighted by atomic mass is 16.5. The average Bonchev–Trinajstić information content (AvgIpc) is 2.70. The Morgan fingerprint density at radius 3 is 2.30 bits per heavy atom. The van der Waals surface area contributed by atoms with E-state index in [0.29, 0.717) is 6.61 Å². The summed E-state index contributed by atoms with van der Waals surface area (Å²) in [6, 6.07) is 19.5. The van der Waals surface area contributed by atoms with Gasteiger partial charge in [-0.2, -0.15) is 0 Å². The van der Waals surface area contributed by atoms with Gasteiger partial charge in [-0.25, -0.2) is 0 Å². The molecule has 0 saturated carbocycles. The van der Waals surface area contributed by atoms with E-state index in [1.54, 1.807) is 18.5 Å². The summed E-state index contributed by atoms with van der Waals surface area (Å²) in [5, 5.41) is 2.87. The maximum atomic E-state index is 12.1. The Hall–Kier alpha value is -3.40. The molecule has 0 radical (unpaired) electrons. The lowest BCUT2D eigenvalue weighted by Gasteiger charge is -2.05. The third kappa shape index (κ3) is 5.82. The molecule has 1 heterocycles. The smallest absolute Gasteiger partial charge is 0.248 e. The van der Waals surface area contributed by atoms with Crippen LogP contribution in [0.15, 0.2) is 79.1 Å². The zero-order valence-corrected chi connectivity index (χ0v) is 15.3. The minimum atomic E-state index is -0.161. The molecule has 136 valence electrons. The number of hydrogen-bond acceptors (Lipinski definition) is 3. The first-order chi connectivity index (χ1) is 13.2. The summed E-state index contributed by atoms with van der Waals surface area (Å²) in [7, 11) is 0. The number of hydrogen-bond donors (Lipinski definition) is 1. The number of ether oxygens (including phenoxy) is 1. The van der Waals surface area contributed by atoms with Crippen LogP contribution in [0.5, 0.6) is 5.75 Å². The molecule has 0 saturated heterocycles. The second-order valence-corrected chi connectivity index (χ2v) is 6.05. The summed E-state index contributed by atoms with van der Waals surface area (Å²) in [6.45, 7) is 2.59. The van der Waals surface area contributed by atoms with Crippen molar-refractivity contribution in [2.45, 2.75) is 13.3 Å². The number of anilines is 1. The SMILES string of the molecule is CCOc1ccc(/C=C/C(=O)Nc2ccc(Cc3ccncc3)cc2)cc1. The molecule has 3 aromatic rings. The lowest BCUT2D eigenvalue weighted by molar-refractivity contribution is -0.111. The standard InChI is InChI=1S/C23H22N2O2/c1-2-27-22-10-5-18(6-11-22)7-12-23(26)25-21-8-3-19(4-9-21)17-20-13-15-24-16-14-20/h3-16H,2,17H2,1H3,(H,25,26)/b12-7+. The molecule has 1 aromatic heterocycles. The molecule has 3 rings (SSSR count). The highest BCUT2D eigenvalue weighted by molar-refractivity contribution is 6.01. The molecule has 0 spiro atoms. The van der Waals surface area contributed by atoms with Crippen LogP contribution in [0.25, 0.3) is 6.08 Å². The summed E-state index contributed by atoms with van der Waals surface area (Å²) in [6.07, 6.45) is 7.74. The van der Waals surface area contributed by atoms with Gasteiger partial charge < -0.3 is 10.1 Å². The summed E-state index contributed by atoms with van der Waals surface area (Å²) in [5.74, 6) is 0.664. The first-order valence-corrected chi connectivity index (χ1v) is 8.92. The Morgan fingerprint density at radius 1 is 0.963 bits per heavy atom. The van der Waals surface area contributed by atoms with Crippen LogP contribution >= 0.6 is 0 Å². The number of carbonyl (C=O) groups is 1. The fourth-order valence-corrected chi connectivity index (χ4v) is 2.64. The molecule has 0 atom stereocenters. The Kier molecular flexibility index (Phi) is 6.36. The van der Waals surface area contributed by atoms with Gasteiger partial charge in [-0.1, -0.05) is 24.3 Å². The molecule has 4 heteroatoms. The van der Waals surface area contributed by atoms with Crippen LogP contribution < -0.4 is 10.1 Å². The van der Waals surface area contributed by atoms with Crippen LogP contribution in [0.2, 0.25) is 0 Å². The van der Waals surface area contributed by atoms with E-state index in [4.69, 9.17) is 4.74 Å². The topological polar surface area (TPSA) is 51.2 Å². The number of nitrogens with one attached hydrogen (secondary N) is 1. The molecule has 2 aromatic carbocycles. The quantitative estimate of drug-likeness (QED) is 0.622. The maximum Gasteiger partial charge on any atom is 0.248 e. The summed E-state index contributed by atoms with van der Waals surface area (Å²) < 4.78 is 5.41. The molecule has 0 aliphatic heterocycles. The van der Waals surface area contributed by atoms with Gasteiger partial charge in [0.05, 0.1) is 6.61 Å². The van der Waals surface area contributed by atoms with E-state index >= 15 is 0 Å². The predicted molar refractivity (Wildman–Crippen MR) is 109 cm³/mol. The highest BCUT2D eigenvalue weighted by Gasteiger charge is 2.00. The normalized spacial score (nSPS) is 10.7. The lowest BCUT2D eigenvalue weighted by atomic mass is 10.1. The van der Waals surface area contributed by atoms with Gasteiger partial charge in [0.2, 0.25) is 5.91 Å². The lowest BCUT2D eigenvalue weighted by Crippen LogP contribution is -2.07. The third-order valence-electron chi connectivity index (χ3n) is 4.00. The third-order valence-corrected chi connectivity index (χ3v) is 4.00. The minimum absolute atomic E-state index is 0.161. The number of rotatable bonds is 7. The molecule has 0 fully saturated rings. The average molecular weight is 358 g/mol. The molecule has 0 aliphatic rings. The van der Waals surface area contributed by atoms with Crippen LogP contribution in [0.1, 0.15) is 23.6 Å². The van der Waals surface area contributed by atoms with Gasteiger partial charge in [-0.15, -0.1) is 0 Å². The molecule has 0 bridgehead atoms. The molecular formula is C23H22N2O2. The number of carbonyl (C=O) groups excluding carboxylic acids is 1. The van der Waals surface area contributed by atoms with Crippen molar-refractivity contribution >= 4 is 17.7 Å². The largest absolute Gasteiger partial charge is 0.494 e. The molecule has 1 N–H and O–H groups in total. The van der Waals surface area contributed by atoms with E-state index < -0.39 is 0 Å². The van der Waals surface area contributed by atoms with E-state index in [9.17, 15) is 4.79 Å². The van der Waals surface area contributed by atoms with Crippen molar-refractivity contribution in [3.05, 3.63) is 95.8 Å². The van der Waals surface area contributed by atoms with Gasteiger partial charge in [0.25, 0.3) is 0 Å². The summed E-state index contributed by atoms with van der Waals surface area (Å²) >= 11 is 0. The minimum Gasteiger partial charge on any atom is -0.494 e. The number of nitrogens with zero attached hydrogens (tertiary/aromatic N) is 1. The number of benzene rings is 2. The van der Waals surface area contributed by atoms with Gasteiger partial charge in [0, 0.05) is 24.2 Å². The van der Waals surface area contributed by atoms with Crippen LogP contribution in [0.3, 0.4) is 0 Å². The monoisotopic (exact) mass is 358 g/mol. The van der Waals surface area contributed by atoms with E-state index in [2.05, 4.69) is 10.3 Å². The maximum absolute atomic E-state index is 12.1. The first kappa shape index (κ1) is 18.4. The Morgan fingerprint density at radius 2 is 1.63 bits per heavy atom. The van der Waals surface area contributed by atoms with Crippen molar-refractivity contribution in [3.63, 3.8) is 0 Å². The van der Waals surface area contributed by atoms with Gasteiger partial charge >= 0.3 is 0 Å². The first-order valence-electron chi connectivity index (χ1n) is 8.92. The fourth-order valence-electron chi connectivity index (χ4n) is 2.64. The van der Waals surface area contributed by atoms with Crippen molar-refractivity contribution in [2.75, 3.05) is 11.9 Å². The van der Waals surface area contributed by atoms with Crippen LogP contribution in [-0.2, 0) is 11.2 Å². The van der Waals surface area contributed by atoms with E-state index in [1.807, 2.05) is 67.6 Å². The van der Waals surface area contributed by atoms with E-state index in [0.717, 1.165) is 23.4 Å². The number of aromatic nitrogens is 1. The van der Waals surface area contributed by atoms with Gasteiger partial charge in [0.15, 0.2) is 0 Å². The van der Waals surface area contributed by atoms with Gasteiger partial charge in [-0.3, -0.25) is 9.78 Å². The van der Waals surface area contributed by atoms with E-state index in [1.165, 1.54) is 17.2 Å². The predicted octanol–water partition coefficient (Wildman–Crippen LogP) is 4.72. The van der Waals surface area contributed by atoms with Crippen molar-refractivity contribution in [2.24, 2.45) is 0 Å². The van der Waals surface area contributed by atoms with Crippen molar-refractivity contribution in [3.8, 4) is 5.75 Å². The van der Waals surface area contributed by atoms with Crippen molar-refractivity contribution in [1.29, 1.82) is 0 Å². The van der Waals surface area contributed by atoms with E-state index in [-0.39, 0.29) is 5.91 Å². The Labute approximate surface area is 159 Å². The molecular weight excluding hydrogens is 336 g/mol. The van der Waals surface area contributed by atoms with Gasteiger partial charge in [0.1, 0.15) is 5.75 Å². The van der Waals surface area contributed by atoms with Gasteiger partial charge in [-0.05, 0) is 72.5 Å². The van der Waals surface area contributed by atoms with Crippen molar-refractivity contribution in [1.82, 2.24) is 4.98 Å². The Bertz CT molecular complexity index is 886. The van der Waals surface area contributed by atoms with Crippen LogP contribution in [0.4, 0.5) is 5.69 Å². The molecule has 27 heavy (non-hydrogen) atoms. The molecule has 0 unspecified atom stereocenters. The second-order valence-electron chi connectivity index (χ2n) is 6.05.